The number of imidazole rings is 1. The SMILES string of the molecule is CCNC(=NCc1nccn1CC(C)C)NCCN1CCCCC1CC.I. The first kappa shape index (κ1) is 24.2. The van der Waals surface area contributed by atoms with Crippen LogP contribution in [-0.2, 0) is 13.1 Å². The minimum Gasteiger partial charge on any atom is -0.357 e. The molecule has 0 amide bonds. The van der Waals surface area contributed by atoms with Crippen molar-refractivity contribution >= 4 is 29.9 Å². The van der Waals surface area contributed by atoms with Crippen LogP contribution in [0.2, 0.25) is 0 Å². The minimum atomic E-state index is 0. The summed E-state index contributed by atoms with van der Waals surface area (Å²) in [4.78, 5) is 11.8. The smallest absolute Gasteiger partial charge is 0.191 e. The van der Waals surface area contributed by atoms with Gasteiger partial charge in [-0.05, 0) is 38.6 Å². The predicted molar refractivity (Wildman–Crippen MR) is 125 cm³/mol. The standard InChI is InChI=1S/C20H38N6.HI/c1-5-18-9-7-8-12-25(18)13-11-23-20(21-6-2)24-15-19-22-10-14-26(19)16-17(3)4;/h10,14,17-18H,5-9,11-13,15-16H2,1-4H3,(H2,21,23,24);1H. The fourth-order valence-electron chi connectivity index (χ4n) is 3.68. The van der Waals surface area contributed by atoms with Gasteiger partial charge < -0.3 is 15.2 Å². The maximum Gasteiger partial charge on any atom is 0.191 e. The molecule has 2 rings (SSSR count). The van der Waals surface area contributed by atoms with Crippen LogP contribution in [0.15, 0.2) is 17.4 Å². The average molecular weight is 490 g/mol. The second kappa shape index (κ2) is 13.4. The normalized spacial score (nSPS) is 18.4. The van der Waals surface area contributed by atoms with Crippen LogP contribution >= 0.6 is 24.0 Å². The molecule has 1 aliphatic heterocycles. The zero-order chi connectivity index (χ0) is 18.8. The number of hydrogen-bond acceptors (Lipinski definition) is 3. The number of aromatic nitrogens is 2. The molecule has 0 aromatic carbocycles. The first-order valence-electron chi connectivity index (χ1n) is 10.4. The van der Waals surface area contributed by atoms with Crippen molar-refractivity contribution in [1.29, 1.82) is 0 Å². The van der Waals surface area contributed by atoms with Crippen molar-refractivity contribution in [2.75, 3.05) is 26.2 Å². The third kappa shape index (κ3) is 8.37. The summed E-state index contributed by atoms with van der Waals surface area (Å²) in [6.45, 7) is 14.6. The van der Waals surface area contributed by atoms with Crippen LogP contribution in [0.3, 0.4) is 0 Å². The Hall–Kier alpha value is -0.830. The van der Waals surface area contributed by atoms with E-state index < -0.39 is 0 Å². The summed E-state index contributed by atoms with van der Waals surface area (Å²) in [6, 6.07) is 0.758. The van der Waals surface area contributed by atoms with Gasteiger partial charge in [-0.3, -0.25) is 4.90 Å². The van der Waals surface area contributed by atoms with Gasteiger partial charge >= 0.3 is 0 Å². The number of hydrogen-bond donors (Lipinski definition) is 2. The number of nitrogens with one attached hydrogen (secondary N) is 2. The summed E-state index contributed by atoms with van der Waals surface area (Å²) < 4.78 is 2.21. The summed E-state index contributed by atoms with van der Waals surface area (Å²) in [5.41, 5.74) is 0. The molecule has 1 aliphatic rings. The summed E-state index contributed by atoms with van der Waals surface area (Å²) in [6.07, 6.45) is 9.25. The van der Waals surface area contributed by atoms with E-state index in [0.29, 0.717) is 12.5 Å². The second-order valence-electron chi connectivity index (χ2n) is 7.61. The lowest BCUT2D eigenvalue weighted by Gasteiger charge is -2.35. The van der Waals surface area contributed by atoms with Crippen molar-refractivity contribution in [2.45, 2.75) is 72.5 Å². The third-order valence-electron chi connectivity index (χ3n) is 5.00. The molecule has 6 nitrogen and oxygen atoms in total. The van der Waals surface area contributed by atoms with Gasteiger partial charge in [0.25, 0.3) is 0 Å². The van der Waals surface area contributed by atoms with E-state index in [-0.39, 0.29) is 24.0 Å². The summed E-state index contributed by atoms with van der Waals surface area (Å²) in [5, 5.41) is 6.85. The van der Waals surface area contributed by atoms with E-state index in [1.54, 1.807) is 0 Å². The zero-order valence-corrected chi connectivity index (χ0v) is 19.9. The molecule has 0 spiro atoms. The van der Waals surface area contributed by atoms with Gasteiger partial charge in [0.05, 0.1) is 0 Å². The highest BCUT2D eigenvalue weighted by atomic mass is 127. The van der Waals surface area contributed by atoms with Gasteiger partial charge in [0.15, 0.2) is 5.96 Å². The van der Waals surface area contributed by atoms with Crippen LogP contribution in [0.4, 0.5) is 0 Å². The molecule has 0 aliphatic carbocycles. The molecule has 1 unspecified atom stereocenters. The molecule has 27 heavy (non-hydrogen) atoms. The molecule has 1 saturated heterocycles. The summed E-state index contributed by atoms with van der Waals surface area (Å²) in [7, 11) is 0. The van der Waals surface area contributed by atoms with Gasteiger partial charge in [0, 0.05) is 44.6 Å². The average Bonchev–Trinajstić information content (AvgIpc) is 3.06. The lowest BCUT2D eigenvalue weighted by molar-refractivity contribution is 0.147. The molecule has 0 bridgehead atoms. The van der Waals surface area contributed by atoms with Gasteiger partial charge in [-0.15, -0.1) is 24.0 Å². The lowest BCUT2D eigenvalue weighted by Crippen LogP contribution is -2.45. The van der Waals surface area contributed by atoms with Crippen LogP contribution in [0.25, 0.3) is 0 Å². The Morgan fingerprint density at radius 3 is 2.81 bits per heavy atom. The Morgan fingerprint density at radius 1 is 1.30 bits per heavy atom. The Labute approximate surface area is 182 Å². The Balaban J connectivity index is 0.00000364. The summed E-state index contributed by atoms with van der Waals surface area (Å²) >= 11 is 0. The van der Waals surface area contributed by atoms with Crippen molar-refractivity contribution in [2.24, 2.45) is 10.9 Å². The maximum absolute atomic E-state index is 4.74. The molecule has 156 valence electrons. The number of guanidine groups is 1. The monoisotopic (exact) mass is 490 g/mol. The maximum atomic E-state index is 4.74. The molecular weight excluding hydrogens is 451 g/mol. The molecule has 7 heteroatoms. The van der Waals surface area contributed by atoms with Crippen molar-refractivity contribution in [3.63, 3.8) is 0 Å². The van der Waals surface area contributed by atoms with Crippen LogP contribution in [-0.4, -0.2) is 52.6 Å². The fraction of sp³-hybridized carbons (Fsp3) is 0.800. The van der Waals surface area contributed by atoms with Gasteiger partial charge in [-0.1, -0.05) is 27.2 Å². The largest absolute Gasteiger partial charge is 0.357 e. The van der Waals surface area contributed by atoms with Crippen LogP contribution < -0.4 is 10.6 Å². The lowest BCUT2D eigenvalue weighted by atomic mass is 10.0. The fourth-order valence-corrected chi connectivity index (χ4v) is 3.68. The number of likely N-dealkylation sites (tertiary alicyclic amines) is 1. The molecule has 2 N–H and O–H groups in total. The van der Waals surface area contributed by atoms with E-state index >= 15 is 0 Å². The molecule has 1 aromatic rings. The van der Waals surface area contributed by atoms with Gasteiger partial charge in [-0.2, -0.15) is 0 Å². The topological polar surface area (TPSA) is 57.5 Å². The molecule has 0 radical (unpaired) electrons. The Morgan fingerprint density at radius 2 is 2.11 bits per heavy atom. The Bertz CT molecular complexity index is 542. The number of rotatable bonds is 9. The number of halogens is 1. The van der Waals surface area contributed by atoms with E-state index in [0.717, 1.165) is 44.0 Å². The molecule has 0 saturated carbocycles. The highest BCUT2D eigenvalue weighted by Gasteiger charge is 2.19. The van der Waals surface area contributed by atoms with E-state index in [1.807, 2.05) is 12.4 Å². The molecule has 2 heterocycles. The van der Waals surface area contributed by atoms with E-state index in [9.17, 15) is 0 Å². The highest BCUT2D eigenvalue weighted by molar-refractivity contribution is 14.0. The molecule has 1 aromatic heterocycles. The number of aliphatic imine (C=N–C) groups is 1. The van der Waals surface area contributed by atoms with Crippen molar-refractivity contribution < 1.29 is 0 Å². The molecule has 1 atom stereocenters. The van der Waals surface area contributed by atoms with Crippen LogP contribution in [0.1, 0.15) is 59.2 Å². The van der Waals surface area contributed by atoms with Crippen LogP contribution in [0.5, 0.6) is 0 Å². The predicted octanol–water partition coefficient (Wildman–Crippen LogP) is 3.48. The van der Waals surface area contributed by atoms with Gasteiger partial charge in [0.2, 0.25) is 0 Å². The molecular formula is C20H39IN6. The van der Waals surface area contributed by atoms with Gasteiger partial charge in [0.1, 0.15) is 12.4 Å². The Kier molecular flexibility index (Phi) is 12.0. The van der Waals surface area contributed by atoms with Crippen molar-refractivity contribution in [3.05, 3.63) is 18.2 Å². The van der Waals surface area contributed by atoms with E-state index in [2.05, 4.69) is 52.8 Å². The van der Waals surface area contributed by atoms with E-state index in [1.165, 1.54) is 32.2 Å². The van der Waals surface area contributed by atoms with Crippen molar-refractivity contribution in [1.82, 2.24) is 25.1 Å². The van der Waals surface area contributed by atoms with Crippen molar-refractivity contribution in [3.8, 4) is 0 Å². The minimum absolute atomic E-state index is 0. The zero-order valence-electron chi connectivity index (χ0n) is 17.6. The molecule has 1 fully saturated rings. The second-order valence-corrected chi connectivity index (χ2v) is 7.61. The quantitative estimate of drug-likeness (QED) is 0.316. The van der Waals surface area contributed by atoms with E-state index in [4.69, 9.17) is 4.99 Å². The number of piperidine rings is 1. The third-order valence-corrected chi connectivity index (χ3v) is 5.00. The number of nitrogens with zero attached hydrogens (tertiary/aromatic N) is 4. The first-order chi connectivity index (χ1) is 12.6. The van der Waals surface area contributed by atoms with Crippen LogP contribution in [0, 0.1) is 5.92 Å². The first-order valence-corrected chi connectivity index (χ1v) is 10.4. The highest BCUT2D eigenvalue weighted by Crippen LogP contribution is 2.18. The summed E-state index contributed by atoms with van der Waals surface area (Å²) in [5.74, 6) is 2.52. The van der Waals surface area contributed by atoms with Gasteiger partial charge in [-0.25, -0.2) is 9.98 Å².